The van der Waals surface area contributed by atoms with Crippen molar-refractivity contribution < 1.29 is 9.59 Å². The van der Waals surface area contributed by atoms with Gasteiger partial charge in [0, 0.05) is 62.4 Å². The molecule has 0 atom stereocenters. The van der Waals surface area contributed by atoms with Gasteiger partial charge in [-0.2, -0.15) is 0 Å². The van der Waals surface area contributed by atoms with Crippen LogP contribution in [0.1, 0.15) is 74.4 Å². The first-order valence-corrected chi connectivity index (χ1v) is 11.8. The Morgan fingerprint density at radius 1 is 1.03 bits per heavy atom. The lowest BCUT2D eigenvalue weighted by Crippen LogP contribution is -2.49. The summed E-state index contributed by atoms with van der Waals surface area (Å²) in [4.78, 5) is 38.4. The summed E-state index contributed by atoms with van der Waals surface area (Å²) in [5.41, 5.74) is 2.82. The van der Waals surface area contributed by atoms with E-state index in [1.807, 2.05) is 42.2 Å². The SMILES string of the molecule is Cc1cc(N2CCN(C(=O)CCNC(=O)c3ccc(C(C)(C)C)cc3)CC2)nc(C(C)C)n1. The predicted octanol–water partition coefficient (Wildman–Crippen LogP) is 3.67. The number of carbonyl (C=O) groups excluding carboxylic acids is 2. The highest BCUT2D eigenvalue weighted by Gasteiger charge is 2.23. The van der Waals surface area contributed by atoms with Gasteiger partial charge in [-0.15, -0.1) is 0 Å². The minimum Gasteiger partial charge on any atom is -0.353 e. The maximum absolute atomic E-state index is 12.6. The van der Waals surface area contributed by atoms with Crippen LogP contribution in [0.25, 0.3) is 0 Å². The van der Waals surface area contributed by atoms with Crippen molar-refractivity contribution in [1.82, 2.24) is 20.2 Å². The Morgan fingerprint density at radius 2 is 1.67 bits per heavy atom. The summed E-state index contributed by atoms with van der Waals surface area (Å²) in [6, 6.07) is 9.67. The number of rotatable bonds is 6. The number of amides is 2. The molecular formula is C26H37N5O2. The summed E-state index contributed by atoms with van der Waals surface area (Å²) in [5, 5.41) is 2.87. The number of piperazine rings is 1. The highest BCUT2D eigenvalue weighted by Crippen LogP contribution is 2.22. The van der Waals surface area contributed by atoms with Crippen molar-refractivity contribution in [1.29, 1.82) is 0 Å². The number of hydrogen-bond donors (Lipinski definition) is 1. The van der Waals surface area contributed by atoms with Crippen LogP contribution in [0.15, 0.2) is 30.3 Å². The molecule has 3 rings (SSSR count). The third-order valence-corrected chi connectivity index (χ3v) is 5.97. The van der Waals surface area contributed by atoms with E-state index in [2.05, 4.69) is 49.8 Å². The van der Waals surface area contributed by atoms with Crippen molar-refractivity contribution in [2.45, 2.75) is 59.3 Å². The first-order valence-electron chi connectivity index (χ1n) is 11.8. The van der Waals surface area contributed by atoms with Gasteiger partial charge in [-0.1, -0.05) is 46.8 Å². The molecule has 0 spiro atoms. The van der Waals surface area contributed by atoms with Crippen LogP contribution in [0.3, 0.4) is 0 Å². The molecule has 33 heavy (non-hydrogen) atoms. The standard InChI is InChI=1S/C26H37N5O2/c1-18(2)24-28-19(3)17-22(29-24)30-13-15-31(16-14-30)23(32)11-12-27-25(33)20-7-9-21(10-8-20)26(4,5)6/h7-10,17-18H,11-16H2,1-6H3,(H,27,33). The molecule has 0 bridgehead atoms. The Balaban J connectivity index is 1.45. The molecule has 2 amide bonds. The molecule has 1 aromatic heterocycles. The van der Waals surface area contributed by atoms with E-state index in [0.29, 0.717) is 31.6 Å². The van der Waals surface area contributed by atoms with Crippen molar-refractivity contribution in [2.75, 3.05) is 37.6 Å². The average Bonchev–Trinajstić information content (AvgIpc) is 2.78. The van der Waals surface area contributed by atoms with Crippen LogP contribution in [-0.2, 0) is 10.2 Å². The number of nitrogens with zero attached hydrogens (tertiary/aromatic N) is 4. The second-order valence-electron chi connectivity index (χ2n) is 10.1. The summed E-state index contributed by atoms with van der Waals surface area (Å²) in [7, 11) is 0. The maximum atomic E-state index is 12.6. The van der Waals surface area contributed by atoms with E-state index in [1.165, 1.54) is 5.56 Å². The molecule has 0 aliphatic carbocycles. The number of hydrogen-bond acceptors (Lipinski definition) is 5. The van der Waals surface area contributed by atoms with Crippen molar-refractivity contribution in [2.24, 2.45) is 0 Å². The molecule has 1 aromatic carbocycles. The Morgan fingerprint density at radius 3 is 2.24 bits per heavy atom. The highest BCUT2D eigenvalue weighted by molar-refractivity contribution is 5.94. The van der Waals surface area contributed by atoms with Gasteiger partial charge < -0.3 is 15.1 Å². The van der Waals surface area contributed by atoms with Crippen LogP contribution >= 0.6 is 0 Å². The topological polar surface area (TPSA) is 78.4 Å². The smallest absolute Gasteiger partial charge is 0.251 e. The van der Waals surface area contributed by atoms with Gasteiger partial charge >= 0.3 is 0 Å². The van der Waals surface area contributed by atoms with E-state index < -0.39 is 0 Å². The summed E-state index contributed by atoms with van der Waals surface area (Å²) in [5.74, 6) is 1.99. The normalized spacial score (nSPS) is 14.5. The molecule has 0 radical (unpaired) electrons. The molecule has 1 aliphatic rings. The fraction of sp³-hybridized carbons (Fsp3) is 0.538. The molecule has 1 N–H and O–H groups in total. The Bertz CT molecular complexity index is 971. The quantitative estimate of drug-likeness (QED) is 0.725. The fourth-order valence-electron chi connectivity index (χ4n) is 3.84. The largest absolute Gasteiger partial charge is 0.353 e. The Labute approximate surface area is 197 Å². The zero-order valence-electron chi connectivity index (χ0n) is 20.8. The second kappa shape index (κ2) is 10.3. The van der Waals surface area contributed by atoms with Crippen LogP contribution in [-0.4, -0.2) is 59.4 Å². The fourth-order valence-corrected chi connectivity index (χ4v) is 3.84. The number of nitrogens with one attached hydrogen (secondary N) is 1. The minimum absolute atomic E-state index is 0.0501. The van der Waals surface area contributed by atoms with E-state index in [4.69, 9.17) is 4.98 Å². The predicted molar refractivity (Wildman–Crippen MR) is 132 cm³/mol. The van der Waals surface area contributed by atoms with Gasteiger partial charge in [-0.3, -0.25) is 9.59 Å². The van der Waals surface area contributed by atoms with Gasteiger partial charge in [-0.25, -0.2) is 9.97 Å². The average molecular weight is 452 g/mol. The van der Waals surface area contributed by atoms with Gasteiger partial charge in [0.05, 0.1) is 0 Å². The number of aromatic nitrogens is 2. The zero-order chi connectivity index (χ0) is 24.2. The molecule has 2 aromatic rings. The Hall–Kier alpha value is -2.96. The monoisotopic (exact) mass is 451 g/mol. The van der Waals surface area contributed by atoms with Gasteiger partial charge in [0.1, 0.15) is 11.6 Å². The zero-order valence-corrected chi connectivity index (χ0v) is 20.8. The van der Waals surface area contributed by atoms with Gasteiger partial charge in [0.2, 0.25) is 5.91 Å². The summed E-state index contributed by atoms with van der Waals surface area (Å²) >= 11 is 0. The maximum Gasteiger partial charge on any atom is 0.251 e. The molecule has 7 heteroatoms. The molecule has 1 fully saturated rings. The summed E-state index contributed by atoms with van der Waals surface area (Å²) in [6.07, 6.45) is 0.302. The van der Waals surface area contributed by atoms with E-state index >= 15 is 0 Å². The third-order valence-electron chi connectivity index (χ3n) is 5.97. The molecule has 1 aliphatic heterocycles. The first kappa shape index (κ1) is 24.7. The van der Waals surface area contributed by atoms with Crippen molar-refractivity contribution >= 4 is 17.6 Å². The molecular weight excluding hydrogens is 414 g/mol. The molecule has 7 nitrogen and oxygen atoms in total. The van der Waals surface area contributed by atoms with Crippen molar-refractivity contribution in [3.05, 3.63) is 53.0 Å². The molecule has 0 unspecified atom stereocenters. The van der Waals surface area contributed by atoms with Crippen molar-refractivity contribution in [3.63, 3.8) is 0 Å². The third kappa shape index (κ3) is 6.53. The lowest BCUT2D eigenvalue weighted by molar-refractivity contribution is -0.131. The number of carbonyl (C=O) groups is 2. The van der Waals surface area contributed by atoms with Crippen LogP contribution in [0.4, 0.5) is 5.82 Å². The minimum atomic E-state index is -0.145. The molecule has 0 saturated carbocycles. The van der Waals surface area contributed by atoms with Crippen molar-refractivity contribution in [3.8, 4) is 0 Å². The number of benzene rings is 1. The summed E-state index contributed by atoms with van der Waals surface area (Å²) < 4.78 is 0. The van der Waals surface area contributed by atoms with E-state index in [0.717, 1.165) is 30.4 Å². The molecule has 178 valence electrons. The van der Waals surface area contributed by atoms with Gasteiger partial charge in [0.15, 0.2) is 0 Å². The lowest BCUT2D eigenvalue weighted by atomic mass is 9.87. The summed E-state index contributed by atoms with van der Waals surface area (Å²) in [6.45, 7) is 15.7. The molecule has 2 heterocycles. The van der Waals surface area contributed by atoms with Crippen LogP contribution < -0.4 is 10.2 Å². The first-order chi connectivity index (χ1) is 15.5. The highest BCUT2D eigenvalue weighted by atomic mass is 16.2. The lowest BCUT2D eigenvalue weighted by Gasteiger charge is -2.35. The van der Waals surface area contributed by atoms with Gasteiger partial charge in [0.25, 0.3) is 5.91 Å². The van der Waals surface area contributed by atoms with Gasteiger partial charge in [-0.05, 0) is 30.0 Å². The number of aryl methyl sites for hydroxylation is 1. The van der Waals surface area contributed by atoms with E-state index in [-0.39, 0.29) is 23.1 Å². The van der Waals surface area contributed by atoms with Crippen LogP contribution in [0.5, 0.6) is 0 Å². The number of anilines is 1. The van der Waals surface area contributed by atoms with E-state index in [9.17, 15) is 9.59 Å². The second-order valence-corrected chi connectivity index (χ2v) is 10.1. The van der Waals surface area contributed by atoms with E-state index in [1.54, 1.807) is 0 Å². The van der Waals surface area contributed by atoms with Crippen LogP contribution in [0.2, 0.25) is 0 Å². The Kier molecular flexibility index (Phi) is 7.72. The molecule has 1 saturated heterocycles. The van der Waals surface area contributed by atoms with Crippen LogP contribution in [0, 0.1) is 6.92 Å².